The first-order chi connectivity index (χ1) is 9.80. The molecule has 1 aliphatic carbocycles. The average molecular weight is 268 g/mol. The molecule has 0 saturated heterocycles. The molecule has 0 N–H and O–H groups in total. The monoisotopic (exact) mass is 268 g/mol. The number of carbonyl (C=O) groups excluding carboxylic acids is 1. The Bertz CT molecular complexity index is 610. The van der Waals surface area contributed by atoms with Gasteiger partial charge in [-0.2, -0.15) is 0 Å². The highest BCUT2D eigenvalue weighted by atomic mass is 16.5. The summed E-state index contributed by atoms with van der Waals surface area (Å²) in [4.78, 5) is 10.8. The van der Waals surface area contributed by atoms with Gasteiger partial charge in [0.2, 0.25) is 0 Å². The molecule has 3 rings (SSSR count). The van der Waals surface area contributed by atoms with Crippen molar-refractivity contribution in [2.45, 2.75) is 31.6 Å². The van der Waals surface area contributed by atoms with Gasteiger partial charge in [-0.1, -0.05) is 24.3 Å². The van der Waals surface area contributed by atoms with E-state index in [9.17, 15) is 4.79 Å². The van der Waals surface area contributed by atoms with Gasteiger partial charge in [-0.25, -0.2) is 0 Å². The molecule has 0 radical (unpaired) electrons. The number of ether oxygens (including phenoxy) is 1. The molecule has 2 heteroatoms. The molecule has 1 saturated carbocycles. The van der Waals surface area contributed by atoms with E-state index in [1.54, 1.807) is 7.11 Å². The topological polar surface area (TPSA) is 26.3 Å². The lowest BCUT2D eigenvalue weighted by atomic mass is 9.79. The van der Waals surface area contributed by atoms with Crippen molar-refractivity contribution < 1.29 is 9.53 Å². The van der Waals surface area contributed by atoms with E-state index in [1.807, 2.05) is 6.07 Å². The van der Waals surface area contributed by atoms with Crippen molar-refractivity contribution in [3.63, 3.8) is 0 Å². The second-order valence-electron chi connectivity index (χ2n) is 5.72. The van der Waals surface area contributed by atoms with Crippen molar-refractivity contribution in [2.75, 3.05) is 7.11 Å². The van der Waals surface area contributed by atoms with Gasteiger partial charge >= 0.3 is 0 Å². The zero-order valence-electron chi connectivity index (χ0n) is 11.8. The Morgan fingerprint density at radius 2 is 1.70 bits per heavy atom. The van der Waals surface area contributed by atoms with E-state index in [4.69, 9.17) is 4.74 Å². The molecule has 0 heterocycles. The minimum atomic E-state index is 0.288. The number of methoxy groups -OCH3 is 1. The first kappa shape index (κ1) is 13.2. The molecule has 0 aliphatic heterocycles. The lowest BCUT2D eigenvalue weighted by Gasteiger charge is -2.26. The minimum absolute atomic E-state index is 0.288. The van der Waals surface area contributed by atoms with Crippen LogP contribution in [0.1, 0.15) is 37.2 Å². The summed E-state index contributed by atoms with van der Waals surface area (Å²) < 4.78 is 5.26. The van der Waals surface area contributed by atoms with Crippen LogP contribution >= 0.6 is 0 Å². The Balaban J connectivity index is 1.84. The van der Waals surface area contributed by atoms with Gasteiger partial charge in [-0.05, 0) is 60.1 Å². The Labute approximate surface area is 119 Å². The smallest absolute Gasteiger partial charge is 0.123 e. The van der Waals surface area contributed by atoms with E-state index in [-0.39, 0.29) is 5.92 Å². The van der Waals surface area contributed by atoms with Gasteiger partial charge in [0.1, 0.15) is 12.0 Å². The fourth-order valence-corrected chi connectivity index (χ4v) is 3.21. The Hall–Kier alpha value is -1.83. The predicted octanol–water partition coefficient (Wildman–Crippen LogP) is 4.32. The molecule has 20 heavy (non-hydrogen) atoms. The van der Waals surface area contributed by atoms with E-state index >= 15 is 0 Å². The third-order valence-electron chi connectivity index (χ3n) is 4.51. The van der Waals surface area contributed by atoms with E-state index in [0.29, 0.717) is 5.92 Å². The molecule has 0 amide bonds. The molecular formula is C18H20O2. The van der Waals surface area contributed by atoms with Crippen LogP contribution in [0.2, 0.25) is 0 Å². The van der Waals surface area contributed by atoms with Crippen LogP contribution in [0.15, 0.2) is 36.4 Å². The second-order valence-corrected chi connectivity index (χ2v) is 5.72. The average Bonchev–Trinajstić information content (AvgIpc) is 2.54. The third kappa shape index (κ3) is 2.55. The van der Waals surface area contributed by atoms with Crippen LogP contribution in [0.25, 0.3) is 10.8 Å². The highest BCUT2D eigenvalue weighted by Crippen LogP contribution is 2.36. The van der Waals surface area contributed by atoms with Crippen LogP contribution < -0.4 is 4.74 Å². The number of hydrogen-bond donors (Lipinski definition) is 0. The molecule has 2 nitrogen and oxygen atoms in total. The number of fused-ring (bicyclic) bond motifs is 1. The van der Waals surface area contributed by atoms with Crippen LogP contribution in [-0.4, -0.2) is 13.4 Å². The Morgan fingerprint density at radius 3 is 2.40 bits per heavy atom. The largest absolute Gasteiger partial charge is 0.497 e. The molecular weight excluding hydrogens is 248 g/mol. The van der Waals surface area contributed by atoms with Gasteiger partial charge in [-0.15, -0.1) is 0 Å². The zero-order chi connectivity index (χ0) is 13.9. The van der Waals surface area contributed by atoms with Gasteiger partial charge < -0.3 is 9.53 Å². The summed E-state index contributed by atoms with van der Waals surface area (Å²) in [6.07, 6.45) is 5.46. The van der Waals surface area contributed by atoms with Crippen molar-refractivity contribution >= 4 is 17.1 Å². The van der Waals surface area contributed by atoms with Crippen molar-refractivity contribution in [3.8, 4) is 5.75 Å². The minimum Gasteiger partial charge on any atom is -0.497 e. The molecule has 2 aromatic carbocycles. The number of aldehydes is 1. The molecule has 0 spiro atoms. The fraction of sp³-hybridized carbons (Fsp3) is 0.389. The molecule has 0 bridgehead atoms. The summed E-state index contributed by atoms with van der Waals surface area (Å²) in [6.45, 7) is 0. The number of hydrogen-bond acceptors (Lipinski definition) is 2. The van der Waals surface area contributed by atoms with E-state index in [2.05, 4.69) is 30.3 Å². The van der Waals surface area contributed by atoms with E-state index in [1.165, 1.54) is 16.3 Å². The second kappa shape index (κ2) is 5.66. The van der Waals surface area contributed by atoms with Gasteiger partial charge in [0, 0.05) is 5.92 Å². The van der Waals surface area contributed by atoms with Gasteiger partial charge in [-0.3, -0.25) is 0 Å². The summed E-state index contributed by atoms with van der Waals surface area (Å²) in [6, 6.07) is 12.9. The number of rotatable bonds is 3. The quantitative estimate of drug-likeness (QED) is 0.775. The lowest BCUT2D eigenvalue weighted by Crippen LogP contribution is -2.14. The fourth-order valence-electron chi connectivity index (χ4n) is 3.21. The molecule has 1 aliphatic rings. The Morgan fingerprint density at radius 1 is 1.00 bits per heavy atom. The first-order valence-corrected chi connectivity index (χ1v) is 7.33. The highest BCUT2D eigenvalue weighted by Gasteiger charge is 2.21. The van der Waals surface area contributed by atoms with Crippen LogP contribution in [0.4, 0.5) is 0 Å². The van der Waals surface area contributed by atoms with E-state index < -0.39 is 0 Å². The number of carbonyl (C=O) groups is 1. The number of benzene rings is 2. The zero-order valence-corrected chi connectivity index (χ0v) is 11.8. The lowest BCUT2D eigenvalue weighted by molar-refractivity contribution is -0.111. The van der Waals surface area contributed by atoms with Gasteiger partial charge in [0.05, 0.1) is 7.11 Å². The third-order valence-corrected chi connectivity index (χ3v) is 4.51. The Kier molecular flexibility index (Phi) is 3.72. The van der Waals surface area contributed by atoms with Crippen LogP contribution in [0.3, 0.4) is 0 Å². The summed E-state index contributed by atoms with van der Waals surface area (Å²) in [5.41, 5.74) is 1.41. The van der Waals surface area contributed by atoms with Crippen LogP contribution in [0.5, 0.6) is 5.75 Å². The molecule has 0 atom stereocenters. The van der Waals surface area contributed by atoms with Crippen LogP contribution in [-0.2, 0) is 4.79 Å². The summed E-state index contributed by atoms with van der Waals surface area (Å²) in [5.74, 6) is 1.80. The van der Waals surface area contributed by atoms with Crippen molar-refractivity contribution in [1.29, 1.82) is 0 Å². The van der Waals surface area contributed by atoms with Gasteiger partial charge in [0.15, 0.2) is 0 Å². The maximum atomic E-state index is 10.8. The molecule has 1 fully saturated rings. The maximum Gasteiger partial charge on any atom is 0.123 e. The van der Waals surface area contributed by atoms with Crippen molar-refractivity contribution in [2.24, 2.45) is 5.92 Å². The molecule has 104 valence electrons. The van der Waals surface area contributed by atoms with E-state index in [0.717, 1.165) is 37.7 Å². The predicted molar refractivity (Wildman–Crippen MR) is 81.3 cm³/mol. The maximum absolute atomic E-state index is 10.8. The summed E-state index contributed by atoms with van der Waals surface area (Å²) in [5, 5.41) is 2.48. The van der Waals surface area contributed by atoms with Crippen molar-refractivity contribution in [3.05, 3.63) is 42.0 Å². The normalized spacial score (nSPS) is 22.6. The van der Waals surface area contributed by atoms with Crippen LogP contribution in [0, 0.1) is 5.92 Å². The summed E-state index contributed by atoms with van der Waals surface area (Å²) >= 11 is 0. The SMILES string of the molecule is COc1ccc2cc(C3CCC(C=O)CC3)ccc2c1. The molecule has 2 aromatic rings. The molecule has 0 unspecified atom stereocenters. The van der Waals surface area contributed by atoms with Crippen molar-refractivity contribution in [1.82, 2.24) is 0 Å². The molecule has 0 aromatic heterocycles. The standard InChI is InChI=1S/C18H20O2/c1-20-18-9-8-16-10-15(6-7-17(16)11-18)14-4-2-13(12-19)3-5-14/h6-14H,2-5H2,1H3. The van der Waals surface area contributed by atoms with Gasteiger partial charge in [0.25, 0.3) is 0 Å². The highest BCUT2D eigenvalue weighted by molar-refractivity contribution is 5.84. The summed E-state index contributed by atoms with van der Waals surface area (Å²) in [7, 11) is 1.70. The first-order valence-electron chi connectivity index (χ1n) is 7.33.